The second kappa shape index (κ2) is 8.76. The molecule has 0 atom stereocenters. The summed E-state index contributed by atoms with van der Waals surface area (Å²) < 4.78 is 1.90. The van der Waals surface area contributed by atoms with Gasteiger partial charge in [-0.1, -0.05) is 47.5 Å². The average molecular weight is 496 g/mol. The minimum absolute atomic E-state index is 0.118. The molecule has 0 fully saturated rings. The maximum absolute atomic E-state index is 10.6. The standard InChI is InChI=1S/C25H17Cl3N4O/c1-32-13-29-11-21(32)22-19(12-33)18(14-5-7-16(26)8-6-14)10-20-23(22)24(31-25(28)30-20)15-3-2-4-17(27)9-15/h2-11,13,33H,12H2,1H3. The summed E-state index contributed by atoms with van der Waals surface area (Å²) in [6.45, 7) is -0.202. The molecule has 3 aromatic carbocycles. The van der Waals surface area contributed by atoms with E-state index in [2.05, 4.69) is 15.0 Å². The van der Waals surface area contributed by atoms with Crippen molar-refractivity contribution in [1.29, 1.82) is 0 Å². The molecule has 0 aliphatic heterocycles. The van der Waals surface area contributed by atoms with Crippen molar-refractivity contribution in [2.45, 2.75) is 6.61 Å². The van der Waals surface area contributed by atoms with Crippen LogP contribution in [-0.2, 0) is 13.7 Å². The molecular formula is C25H17Cl3N4O. The van der Waals surface area contributed by atoms with Gasteiger partial charge in [0.25, 0.3) is 0 Å². The molecule has 0 saturated heterocycles. The molecule has 0 bridgehead atoms. The minimum atomic E-state index is -0.202. The van der Waals surface area contributed by atoms with E-state index in [4.69, 9.17) is 34.8 Å². The van der Waals surface area contributed by atoms with Crippen LogP contribution in [0.25, 0.3) is 44.5 Å². The van der Waals surface area contributed by atoms with Crippen LogP contribution < -0.4 is 0 Å². The molecule has 0 aliphatic rings. The number of aryl methyl sites for hydroxylation is 1. The van der Waals surface area contributed by atoms with Crippen molar-refractivity contribution < 1.29 is 5.11 Å². The summed E-state index contributed by atoms with van der Waals surface area (Å²) in [5.41, 5.74) is 6.11. The molecule has 0 aliphatic carbocycles. The maximum Gasteiger partial charge on any atom is 0.223 e. The van der Waals surface area contributed by atoms with Crippen molar-refractivity contribution in [1.82, 2.24) is 19.5 Å². The molecule has 0 amide bonds. The van der Waals surface area contributed by atoms with Crippen LogP contribution in [0.15, 0.2) is 67.1 Å². The molecule has 0 saturated carbocycles. The van der Waals surface area contributed by atoms with E-state index in [1.807, 2.05) is 60.1 Å². The summed E-state index contributed by atoms with van der Waals surface area (Å²) in [6.07, 6.45) is 3.48. The zero-order valence-electron chi connectivity index (χ0n) is 17.4. The third-order valence-electron chi connectivity index (χ3n) is 5.55. The predicted octanol–water partition coefficient (Wildman–Crippen LogP) is 6.82. The lowest BCUT2D eigenvalue weighted by Crippen LogP contribution is -2.03. The zero-order chi connectivity index (χ0) is 23.1. The normalized spacial score (nSPS) is 11.3. The SMILES string of the molecule is Cn1cncc1-c1c(CO)c(-c2ccc(Cl)cc2)cc2nc(Cl)nc(-c3cccc(Cl)c3)c12. The van der Waals surface area contributed by atoms with E-state index in [0.717, 1.165) is 38.9 Å². The van der Waals surface area contributed by atoms with E-state index in [9.17, 15) is 5.11 Å². The first kappa shape index (κ1) is 21.9. The van der Waals surface area contributed by atoms with Gasteiger partial charge in [-0.25, -0.2) is 15.0 Å². The molecule has 0 unspecified atom stereocenters. The van der Waals surface area contributed by atoms with Gasteiger partial charge in [0, 0.05) is 33.6 Å². The van der Waals surface area contributed by atoms with Crippen LogP contribution in [-0.4, -0.2) is 24.6 Å². The van der Waals surface area contributed by atoms with Crippen molar-refractivity contribution in [2.75, 3.05) is 0 Å². The highest BCUT2D eigenvalue weighted by molar-refractivity contribution is 6.31. The molecule has 2 aromatic heterocycles. The Hall–Kier alpha value is -2.96. The molecule has 2 heterocycles. The van der Waals surface area contributed by atoms with Crippen LogP contribution in [0, 0.1) is 0 Å². The lowest BCUT2D eigenvalue weighted by molar-refractivity contribution is 0.283. The number of hydrogen-bond donors (Lipinski definition) is 1. The molecular weight excluding hydrogens is 479 g/mol. The van der Waals surface area contributed by atoms with Gasteiger partial charge >= 0.3 is 0 Å². The van der Waals surface area contributed by atoms with Gasteiger partial charge in [-0.3, -0.25) is 0 Å². The molecule has 1 N–H and O–H groups in total. The molecule has 5 nitrogen and oxygen atoms in total. The monoisotopic (exact) mass is 494 g/mol. The number of aliphatic hydroxyl groups is 1. The Labute approximate surface area is 205 Å². The Morgan fingerprint density at radius 2 is 1.70 bits per heavy atom. The number of halogens is 3. The Bertz CT molecular complexity index is 1500. The Morgan fingerprint density at radius 1 is 0.909 bits per heavy atom. The van der Waals surface area contributed by atoms with E-state index >= 15 is 0 Å². The number of imidazole rings is 1. The Balaban J connectivity index is 1.96. The van der Waals surface area contributed by atoms with Gasteiger partial charge in [0.15, 0.2) is 0 Å². The fraction of sp³-hybridized carbons (Fsp3) is 0.0800. The first-order valence-electron chi connectivity index (χ1n) is 10.1. The largest absolute Gasteiger partial charge is 0.392 e. The Morgan fingerprint density at radius 3 is 2.36 bits per heavy atom. The summed E-state index contributed by atoms with van der Waals surface area (Å²) in [5.74, 6) is 0. The smallest absolute Gasteiger partial charge is 0.223 e. The van der Waals surface area contributed by atoms with Crippen molar-refractivity contribution in [3.05, 3.63) is 88.0 Å². The molecule has 164 valence electrons. The number of hydrogen-bond acceptors (Lipinski definition) is 4. The van der Waals surface area contributed by atoms with Crippen LogP contribution >= 0.6 is 34.8 Å². The van der Waals surface area contributed by atoms with Gasteiger partial charge in [0.1, 0.15) is 0 Å². The molecule has 33 heavy (non-hydrogen) atoms. The number of rotatable bonds is 4. The van der Waals surface area contributed by atoms with Crippen molar-refractivity contribution in [3.63, 3.8) is 0 Å². The Kier molecular flexibility index (Phi) is 5.81. The topological polar surface area (TPSA) is 63.8 Å². The van der Waals surface area contributed by atoms with E-state index in [0.29, 0.717) is 21.3 Å². The first-order valence-corrected chi connectivity index (χ1v) is 11.2. The van der Waals surface area contributed by atoms with Gasteiger partial charge < -0.3 is 9.67 Å². The van der Waals surface area contributed by atoms with Crippen LogP contribution in [0.2, 0.25) is 15.3 Å². The number of nitrogens with zero attached hydrogens (tertiary/aromatic N) is 4. The summed E-state index contributed by atoms with van der Waals surface area (Å²) >= 11 is 18.8. The first-order chi connectivity index (χ1) is 16.0. The third kappa shape index (κ3) is 3.98. The van der Waals surface area contributed by atoms with Gasteiger partial charge in [-0.2, -0.15) is 0 Å². The van der Waals surface area contributed by atoms with Crippen molar-refractivity contribution in [3.8, 4) is 33.6 Å². The maximum atomic E-state index is 10.6. The summed E-state index contributed by atoms with van der Waals surface area (Å²) in [4.78, 5) is 13.4. The van der Waals surface area contributed by atoms with Crippen LogP contribution in [0.5, 0.6) is 0 Å². The highest BCUT2D eigenvalue weighted by Gasteiger charge is 2.23. The predicted molar refractivity (Wildman–Crippen MR) is 134 cm³/mol. The van der Waals surface area contributed by atoms with Crippen LogP contribution in [0.4, 0.5) is 0 Å². The minimum Gasteiger partial charge on any atom is -0.392 e. The molecule has 0 spiro atoms. The number of aromatic nitrogens is 4. The van der Waals surface area contributed by atoms with Gasteiger partial charge in [0.2, 0.25) is 5.28 Å². The molecule has 0 radical (unpaired) electrons. The summed E-state index contributed by atoms with van der Waals surface area (Å²) in [5, 5.41) is 12.7. The van der Waals surface area contributed by atoms with Gasteiger partial charge in [-0.15, -0.1) is 0 Å². The van der Waals surface area contributed by atoms with E-state index in [1.54, 1.807) is 18.6 Å². The number of aliphatic hydroxyl groups excluding tert-OH is 1. The second-order valence-corrected chi connectivity index (χ2v) is 8.79. The fourth-order valence-electron chi connectivity index (χ4n) is 4.09. The highest BCUT2D eigenvalue weighted by Crippen LogP contribution is 2.42. The van der Waals surface area contributed by atoms with E-state index in [1.165, 1.54) is 0 Å². The van der Waals surface area contributed by atoms with Crippen LogP contribution in [0.1, 0.15) is 5.56 Å². The molecule has 8 heteroatoms. The third-order valence-corrected chi connectivity index (χ3v) is 6.21. The highest BCUT2D eigenvalue weighted by atomic mass is 35.5. The van der Waals surface area contributed by atoms with Crippen LogP contribution in [0.3, 0.4) is 0 Å². The summed E-state index contributed by atoms with van der Waals surface area (Å²) in [6, 6.07) is 16.8. The molecule has 5 aromatic rings. The molecule has 5 rings (SSSR count). The zero-order valence-corrected chi connectivity index (χ0v) is 19.7. The van der Waals surface area contributed by atoms with Crippen molar-refractivity contribution in [2.24, 2.45) is 7.05 Å². The summed E-state index contributed by atoms with van der Waals surface area (Å²) in [7, 11) is 1.90. The average Bonchev–Trinajstić information content (AvgIpc) is 3.23. The van der Waals surface area contributed by atoms with Crippen molar-refractivity contribution >= 4 is 45.7 Å². The van der Waals surface area contributed by atoms with Gasteiger partial charge in [-0.05, 0) is 58.6 Å². The quantitative estimate of drug-likeness (QED) is 0.278. The lowest BCUT2D eigenvalue weighted by Gasteiger charge is -2.19. The number of fused-ring (bicyclic) bond motifs is 1. The lowest BCUT2D eigenvalue weighted by atomic mass is 9.89. The van der Waals surface area contributed by atoms with E-state index in [-0.39, 0.29) is 11.9 Å². The number of benzene rings is 3. The second-order valence-electron chi connectivity index (χ2n) is 7.58. The fourth-order valence-corrected chi connectivity index (χ4v) is 4.58. The van der Waals surface area contributed by atoms with Gasteiger partial charge in [0.05, 0.1) is 36.0 Å². The van der Waals surface area contributed by atoms with E-state index < -0.39 is 0 Å².